The molecular formula is C20H16O2. The highest BCUT2D eigenvalue weighted by molar-refractivity contribution is 5.91. The van der Waals surface area contributed by atoms with Gasteiger partial charge in [0, 0.05) is 0 Å². The first-order valence-electron chi connectivity index (χ1n) is 7.17. The molecule has 0 atom stereocenters. The van der Waals surface area contributed by atoms with Gasteiger partial charge in [0.05, 0.1) is 5.56 Å². The molecule has 22 heavy (non-hydrogen) atoms. The van der Waals surface area contributed by atoms with Crippen LogP contribution >= 0.6 is 0 Å². The molecule has 0 aliphatic rings. The molecule has 0 heterocycles. The number of para-hydroxylation sites is 1. The van der Waals surface area contributed by atoms with E-state index in [0.717, 1.165) is 5.56 Å². The van der Waals surface area contributed by atoms with Gasteiger partial charge in [-0.1, -0.05) is 54.6 Å². The second-order valence-electron chi connectivity index (χ2n) is 5.09. The summed E-state index contributed by atoms with van der Waals surface area (Å²) < 4.78 is 5.33. The van der Waals surface area contributed by atoms with Crippen molar-refractivity contribution in [1.29, 1.82) is 0 Å². The molecule has 0 fully saturated rings. The van der Waals surface area contributed by atoms with E-state index in [4.69, 9.17) is 4.74 Å². The minimum atomic E-state index is -0.345. The molecule has 0 N–H and O–H groups in total. The van der Waals surface area contributed by atoms with Crippen molar-refractivity contribution >= 4 is 5.97 Å². The molecule has 0 aliphatic carbocycles. The minimum absolute atomic E-state index is 0.345. The predicted octanol–water partition coefficient (Wildman–Crippen LogP) is 4.88. The highest BCUT2D eigenvalue weighted by atomic mass is 16.5. The summed E-state index contributed by atoms with van der Waals surface area (Å²) in [6, 6.07) is 24.8. The fourth-order valence-corrected chi connectivity index (χ4v) is 2.34. The van der Waals surface area contributed by atoms with Gasteiger partial charge in [-0.25, -0.2) is 4.79 Å². The van der Waals surface area contributed by atoms with Crippen LogP contribution in [-0.4, -0.2) is 5.97 Å². The maximum absolute atomic E-state index is 12.1. The Morgan fingerprint density at radius 2 is 1.41 bits per heavy atom. The van der Waals surface area contributed by atoms with Crippen LogP contribution in [0.15, 0.2) is 78.9 Å². The Bertz CT molecular complexity index is 774. The van der Waals surface area contributed by atoms with Crippen LogP contribution in [0.3, 0.4) is 0 Å². The maximum atomic E-state index is 12.1. The van der Waals surface area contributed by atoms with Gasteiger partial charge in [0.25, 0.3) is 0 Å². The van der Waals surface area contributed by atoms with Gasteiger partial charge in [0.2, 0.25) is 0 Å². The summed E-state index contributed by atoms with van der Waals surface area (Å²) in [5.74, 6) is 0.206. The first kappa shape index (κ1) is 14.1. The minimum Gasteiger partial charge on any atom is -0.423 e. The number of esters is 1. The molecule has 0 aromatic heterocycles. The number of benzene rings is 3. The lowest BCUT2D eigenvalue weighted by Crippen LogP contribution is -2.08. The average Bonchev–Trinajstić information content (AvgIpc) is 2.56. The molecule has 0 unspecified atom stereocenters. The summed E-state index contributed by atoms with van der Waals surface area (Å²) in [4.78, 5) is 12.1. The monoisotopic (exact) mass is 288 g/mol. The van der Waals surface area contributed by atoms with Crippen molar-refractivity contribution in [1.82, 2.24) is 0 Å². The molecule has 0 bridgehead atoms. The van der Waals surface area contributed by atoms with Gasteiger partial charge in [-0.3, -0.25) is 0 Å². The van der Waals surface area contributed by atoms with Gasteiger partial charge in [-0.15, -0.1) is 0 Å². The summed E-state index contributed by atoms with van der Waals surface area (Å²) in [6.07, 6.45) is 0. The van der Waals surface area contributed by atoms with Crippen molar-refractivity contribution in [2.45, 2.75) is 6.92 Å². The Morgan fingerprint density at radius 1 is 0.773 bits per heavy atom. The standard InChI is InChI=1S/C20H16O2/c1-15-7-5-6-10-19(15)16-11-13-17(14-12-16)20(21)22-18-8-3-2-4-9-18/h2-14H,1H3. The van der Waals surface area contributed by atoms with Gasteiger partial charge in [-0.2, -0.15) is 0 Å². The van der Waals surface area contributed by atoms with Crippen LogP contribution in [0.25, 0.3) is 11.1 Å². The summed E-state index contributed by atoms with van der Waals surface area (Å²) >= 11 is 0. The zero-order chi connectivity index (χ0) is 15.4. The van der Waals surface area contributed by atoms with Crippen molar-refractivity contribution in [3.8, 4) is 16.9 Å². The number of aryl methyl sites for hydroxylation is 1. The fraction of sp³-hybridized carbons (Fsp3) is 0.0500. The molecule has 2 nitrogen and oxygen atoms in total. The molecule has 0 amide bonds. The van der Waals surface area contributed by atoms with E-state index in [9.17, 15) is 4.79 Å². The van der Waals surface area contributed by atoms with Gasteiger partial charge >= 0.3 is 5.97 Å². The van der Waals surface area contributed by atoms with E-state index >= 15 is 0 Å². The SMILES string of the molecule is Cc1ccccc1-c1ccc(C(=O)Oc2ccccc2)cc1. The van der Waals surface area contributed by atoms with Crippen molar-refractivity contribution < 1.29 is 9.53 Å². The van der Waals surface area contributed by atoms with E-state index in [0.29, 0.717) is 11.3 Å². The third-order valence-electron chi connectivity index (χ3n) is 3.53. The lowest BCUT2D eigenvalue weighted by atomic mass is 10.00. The Hall–Kier alpha value is -2.87. The van der Waals surface area contributed by atoms with Crippen molar-refractivity contribution in [2.75, 3.05) is 0 Å². The number of rotatable bonds is 3. The van der Waals surface area contributed by atoms with Crippen LogP contribution in [0.5, 0.6) is 5.75 Å². The predicted molar refractivity (Wildman–Crippen MR) is 88.0 cm³/mol. The van der Waals surface area contributed by atoms with E-state index in [1.807, 2.05) is 42.5 Å². The first-order chi connectivity index (χ1) is 10.7. The van der Waals surface area contributed by atoms with Crippen molar-refractivity contribution in [2.24, 2.45) is 0 Å². The largest absolute Gasteiger partial charge is 0.423 e. The van der Waals surface area contributed by atoms with Crippen LogP contribution in [0.1, 0.15) is 15.9 Å². The Morgan fingerprint density at radius 3 is 2.09 bits per heavy atom. The molecule has 0 saturated heterocycles. The Balaban J connectivity index is 1.80. The van der Waals surface area contributed by atoms with Crippen LogP contribution in [0.2, 0.25) is 0 Å². The highest BCUT2D eigenvalue weighted by Crippen LogP contribution is 2.23. The van der Waals surface area contributed by atoms with Crippen LogP contribution in [0.4, 0.5) is 0 Å². The topological polar surface area (TPSA) is 26.3 Å². The lowest BCUT2D eigenvalue weighted by Gasteiger charge is -2.07. The molecular weight excluding hydrogens is 272 g/mol. The number of ether oxygens (including phenoxy) is 1. The van der Waals surface area contributed by atoms with E-state index in [1.54, 1.807) is 24.3 Å². The van der Waals surface area contributed by atoms with Gasteiger partial charge < -0.3 is 4.74 Å². The van der Waals surface area contributed by atoms with Crippen LogP contribution in [0, 0.1) is 6.92 Å². The maximum Gasteiger partial charge on any atom is 0.343 e. The molecule has 0 spiro atoms. The Labute approximate surface area is 130 Å². The molecule has 3 aromatic carbocycles. The first-order valence-corrected chi connectivity index (χ1v) is 7.17. The average molecular weight is 288 g/mol. The third kappa shape index (κ3) is 3.07. The summed E-state index contributed by atoms with van der Waals surface area (Å²) in [6.45, 7) is 2.08. The van der Waals surface area contributed by atoms with Gasteiger partial charge in [-0.05, 0) is 47.9 Å². The van der Waals surface area contributed by atoms with Gasteiger partial charge in [0.15, 0.2) is 0 Å². The second-order valence-corrected chi connectivity index (χ2v) is 5.09. The van der Waals surface area contributed by atoms with Crippen LogP contribution < -0.4 is 4.74 Å². The molecule has 2 heteroatoms. The van der Waals surface area contributed by atoms with E-state index in [2.05, 4.69) is 19.1 Å². The molecule has 0 radical (unpaired) electrons. The normalized spacial score (nSPS) is 10.2. The van der Waals surface area contributed by atoms with Crippen LogP contribution in [-0.2, 0) is 0 Å². The van der Waals surface area contributed by atoms with Gasteiger partial charge in [0.1, 0.15) is 5.75 Å². The molecule has 3 rings (SSSR count). The number of carbonyl (C=O) groups is 1. The zero-order valence-corrected chi connectivity index (χ0v) is 12.3. The summed E-state index contributed by atoms with van der Waals surface area (Å²) in [5, 5.41) is 0. The Kier molecular flexibility index (Phi) is 4.01. The lowest BCUT2D eigenvalue weighted by molar-refractivity contribution is 0.0735. The molecule has 0 saturated carbocycles. The number of hydrogen-bond acceptors (Lipinski definition) is 2. The summed E-state index contributed by atoms with van der Waals surface area (Å²) in [5.41, 5.74) is 4.02. The quantitative estimate of drug-likeness (QED) is 0.507. The highest BCUT2D eigenvalue weighted by Gasteiger charge is 2.09. The smallest absolute Gasteiger partial charge is 0.343 e. The fourth-order valence-electron chi connectivity index (χ4n) is 2.34. The second kappa shape index (κ2) is 6.27. The molecule has 3 aromatic rings. The van der Waals surface area contributed by atoms with Crippen molar-refractivity contribution in [3.63, 3.8) is 0 Å². The molecule has 0 aliphatic heterocycles. The molecule has 108 valence electrons. The van der Waals surface area contributed by atoms with Crippen molar-refractivity contribution in [3.05, 3.63) is 90.0 Å². The third-order valence-corrected chi connectivity index (χ3v) is 3.53. The number of carbonyl (C=O) groups excluding carboxylic acids is 1. The van der Waals surface area contributed by atoms with E-state index in [1.165, 1.54) is 11.1 Å². The van der Waals surface area contributed by atoms with E-state index < -0.39 is 0 Å². The van der Waals surface area contributed by atoms with E-state index in [-0.39, 0.29) is 5.97 Å². The summed E-state index contributed by atoms with van der Waals surface area (Å²) in [7, 11) is 0. The number of hydrogen-bond donors (Lipinski definition) is 0. The zero-order valence-electron chi connectivity index (χ0n) is 12.3.